The van der Waals surface area contributed by atoms with Crippen LogP contribution in [0.5, 0.6) is 0 Å². The maximum atomic E-state index is 13.6. The first kappa shape index (κ1) is 28.9. The van der Waals surface area contributed by atoms with Crippen LogP contribution in [0.25, 0.3) is 10.8 Å². The molecule has 2 fully saturated rings. The number of ether oxygens (including phenoxy) is 1. The molecular formula is C35H39N5O3. The quantitative estimate of drug-likeness (QED) is 0.306. The first-order valence-electron chi connectivity index (χ1n) is 15.2. The fourth-order valence-electron chi connectivity index (χ4n) is 5.93. The zero-order valence-electron chi connectivity index (χ0n) is 24.5. The highest BCUT2D eigenvalue weighted by atomic mass is 16.5. The third kappa shape index (κ3) is 7.22. The first-order valence-corrected chi connectivity index (χ1v) is 15.2. The van der Waals surface area contributed by atoms with Gasteiger partial charge in [-0.3, -0.25) is 19.4 Å². The Morgan fingerprint density at radius 2 is 1.44 bits per heavy atom. The number of hydrogen-bond donors (Lipinski definition) is 2. The maximum Gasteiger partial charge on any atom is 0.256 e. The highest BCUT2D eigenvalue weighted by Gasteiger charge is 2.23. The Morgan fingerprint density at radius 3 is 2.26 bits per heavy atom. The van der Waals surface area contributed by atoms with E-state index in [2.05, 4.69) is 49.6 Å². The molecule has 0 radical (unpaired) electrons. The van der Waals surface area contributed by atoms with Crippen molar-refractivity contribution in [1.29, 1.82) is 0 Å². The molecule has 0 aliphatic carbocycles. The molecule has 2 aliphatic heterocycles. The Bertz CT molecular complexity index is 1540. The molecule has 2 aliphatic rings. The summed E-state index contributed by atoms with van der Waals surface area (Å²) in [4.78, 5) is 34.1. The summed E-state index contributed by atoms with van der Waals surface area (Å²) >= 11 is 0. The van der Waals surface area contributed by atoms with E-state index in [1.54, 1.807) is 0 Å². The zero-order chi connectivity index (χ0) is 29.4. The predicted octanol–water partition coefficient (Wildman–Crippen LogP) is 4.48. The molecule has 2 heterocycles. The Hall–Kier alpha value is -4.24. The Balaban J connectivity index is 1.18. The topological polar surface area (TPSA) is 77.2 Å². The second kappa shape index (κ2) is 13.8. The van der Waals surface area contributed by atoms with Crippen LogP contribution in [-0.4, -0.2) is 87.2 Å². The van der Waals surface area contributed by atoms with Gasteiger partial charge in [0.1, 0.15) is 0 Å². The van der Waals surface area contributed by atoms with E-state index in [-0.39, 0.29) is 11.8 Å². The van der Waals surface area contributed by atoms with Crippen molar-refractivity contribution in [3.05, 3.63) is 108 Å². The minimum atomic E-state index is -0.197. The summed E-state index contributed by atoms with van der Waals surface area (Å²) in [6, 6.07) is 29.8. The van der Waals surface area contributed by atoms with Gasteiger partial charge in [0.2, 0.25) is 0 Å². The molecule has 8 nitrogen and oxygen atoms in total. The number of fused-ring (bicyclic) bond motifs is 1. The number of nitrogens with zero attached hydrogens (tertiary/aromatic N) is 3. The van der Waals surface area contributed by atoms with Crippen LogP contribution in [0.2, 0.25) is 0 Å². The van der Waals surface area contributed by atoms with Crippen molar-refractivity contribution >= 4 is 34.0 Å². The zero-order valence-corrected chi connectivity index (χ0v) is 24.5. The van der Waals surface area contributed by atoms with Gasteiger partial charge in [-0.15, -0.1) is 0 Å². The second-order valence-corrected chi connectivity index (χ2v) is 11.2. The van der Waals surface area contributed by atoms with Crippen molar-refractivity contribution in [1.82, 2.24) is 15.1 Å². The van der Waals surface area contributed by atoms with Gasteiger partial charge < -0.3 is 20.3 Å². The predicted molar refractivity (Wildman–Crippen MR) is 172 cm³/mol. The minimum Gasteiger partial charge on any atom is -0.379 e. The molecular weight excluding hydrogens is 538 g/mol. The average Bonchev–Trinajstić information content (AvgIpc) is 3.06. The normalized spacial score (nSPS) is 16.2. The molecule has 0 bridgehead atoms. The molecule has 4 aromatic carbocycles. The lowest BCUT2D eigenvalue weighted by Crippen LogP contribution is -2.46. The second-order valence-electron chi connectivity index (χ2n) is 11.2. The number of amides is 2. The number of nitrogens with one attached hydrogen (secondary N) is 2. The van der Waals surface area contributed by atoms with Crippen LogP contribution in [0, 0.1) is 0 Å². The van der Waals surface area contributed by atoms with Crippen molar-refractivity contribution in [3.8, 4) is 0 Å². The van der Waals surface area contributed by atoms with Crippen molar-refractivity contribution in [2.45, 2.75) is 6.54 Å². The van der Waals surface area contributed by atoms with Gasteiger partial charge in [-0.25, -0.2) is 0 Å². The minimum absolute atomic E-state index is 0.128. The SMILES string of the molecule is O=C(NCCN1CCOCC1)c1cc(NC(=O)c2cccc3ccccc23)ccc1N1CCN(Cc2ccccc2)CC1. The number of hydrogen-bond acceptors (Lipinski definition) is 6. The molecule has 2 amide bonds. The standard InChI is InChI=1S/C35H39N5O3/c41-34(36-15-16-38-21-23-43-24-22-38)32-25-29(37-35(42)31-12-6-10-28-9-4-5-11-30(28)31)13-14-33(32)40-19-17-39(18-20-40)26-27-7-2-1-3-8-27/h1-14,25H,15-24,26H2,(H,36,41)(H,37,42). The molecule has 4 aromatic rings. The summed E-state index contributed by atoms with van der Waals surface area (Å²) in [6.45, 7) is 8.93. The summed E-state index contributed by atoms with van der Waals surface area (Å²) in [6.07, 6.45) is 0. The fraction of sp³-hybridized carbons (Fsp3) is 0.314. The summed E-state index contributed by atoms with van der Waals surface area (Å²) < 4.78 is 5.45. The smallest absolute Gasteiger partial charge is 0.256 e. The summed E-state index contributed by atoms with van der Waals surface area (Å²) in [5.41, 5.74) is 3.99. The van der Waals surface area contributed by atoms with Gasteiger partial charge in [-0.1, -0.05) is 66.7 Å². The van der Waals surface area contributed by atoms with E-state index in [1.807, 2.05) is 66.7 Å². The lowest BCUT2D eigenvalue weighted by atomic mass is 10.0. The molecule has 0 spiro atoms. The molecule has 222 valence electrons. The third-order valence-electron chi connectivity index (χ3n) is 8.31. The van der Waals surface area contributed by atoms with Gasteiger partial charge in [0.15, 0.2) is 0 Å². The molecule has 0 saturated carbocycles. The highest BCUT2D eigenvalue weighted by molar-refractivity contribution is 6.13. The van der Waals surface area contributed by atoms with Crippen LogP contribution in [0.3, 0.4) is 0 Å². The Labute approximate surface area is 253 Å². The lowest BCUT2D eigenvalue weighted by Gasteiger charge is -2.37. The van der Waals surface area contributed by atoms with Crippen LogP contribution >= 0.6 is 0 Å². The lowest BCUT2D eigenvalue weighted by molar-refractivity contribution is 0.0383. The summed E-state index contributed by atoms with van der Waals surface area (Å²) in [5, 5.41) is 8.09. The molecule has 6 rings (SSSR count). The largest absolute Gasteiger partial charge is 0.379 e. The number of benzene rings is 4. The van der Waals surface area contributed by atoms with E-state index < -0.39 is 0 Å². The molecule has 8 heteroatoms. The molecule has 43 heavy (non-hydrogen) atoms. The highest BCUT2D eigenvalue weighted by Crippen LogP contribution is 2.27. The fourth-order valence-corrected chi connectivity index (χ4v) is 5.93. The number of morpholine rings is 1. The molecule has 2 N–H and O–H groups in total. The van der Waals surface area contributed by atoms with Crippen LogP contribution < -0.4 is 15.5 Å². The molecule has 0 unspecified atom stereocenters. The molecule has 2 saturated heterocycles. The van der Waals surface area contributed by atoms with E-state index in [4.69, 9.17) is 4.74 Å². The molecule has 0 aromatic heterocycles. The maximum absolute atomic E-state index is 13.6. The van der Waals surface area contributed by atoms with Gasteiger partial charge in [0, 0.05) is 75.8 Å². The van der Waals surface area contributed by atoms with Gasteiger partial charge in [0.05, 0.1) is 18.8 Å². The monoisotopic (exact) mass is 577 g/mol. The van der Waals surface area contributed by atoms with Crippen molar-refractivity contribution in [2.24, 2.45) is 0 Å². The summed E-state index contributed by atoms with van der Waals surface area (Å²) in [7, 11) is 0. The van der Waals surface area contributed by atoms with E-state index in [0.29, 0.717) is 23.4 Å². The van der Waals surface area contributed by atoms with Crippen LogP contribution in [0.1, 0.15) is 26.3 Å². The van der Waals surface area contributed by atoms with Crippen molar-refractivity contribution in [3.63, 3.8) is 0 Å². The van der Waals surface area contributed by atoms with E-state index in [9.17, 15) is 9.59 Å². The van der Waals surface area contributed by atoms with Crippen LogP contribution in [0.15, 0.2) is 91.0 Å². The number of anilines is 2. The number of rotatable bonds is 9. The Kier molecular flexibility index (Phi) is 9.28. The number of piperazine rings is 1. The number of carbonyl (C=O) groups is 2. The van der Waals surface area contributed by atoms with Crippen LogP contribution in [0.4, 0.5) is 11.4 Å². The van der Waals surface area contributed by atoms with E-state index in [1.165, 1.54) is 5.56 Å². The van der Waals surface area contributed by atoms with Crippen molar-refractivity contribution in [2.75, 3.05) is 75.8 Å². The Morgan fingerprint density at radius 1 is 0.698 bits per heavy atom. The van der Waals surface area contributed by atoms with Crippen LogP contribution in [-0.2, 0) is 11.3 Å². The van der Waals surface area contributed by atoms with Gasteiger partial charge in [-0.2, -0.15) is 0 Å². The van der Waals surface area contributed by atoms with Gasteiger partial charge in [-0.05, 0) is 40.6 Å². The molecule has 0 atom stereocenters. The van der Waals surface area contributed by atoms with Gasteiger partial charge >= 0.3 is 0 Å². The van der Waals surface area contributed by atoms with Gasteiger partial charge in [0.25, 0.3) is 11.8 Å². The average molecular weight is 578 g/mol. The van der Waals surface area contributed by atoms with E-state index >= 15 is 0 Å². The summed E-state index contributed by atoms with van der Waals surface area (Å²) in [5.74, 6) is -0.325. The number of carbonyl (C=O) groups excluding carboxylic acids is 2. The van der Waals surface area contributed by atoms with Crippen molar-refractivity contribution < 1.29 is 14.3 Å². The third-order valence-corrected chi connectivity index (χ3v) is 8.31. The van der Waals surface area contributed by atoms with E-state index in [0.717, 1.165) is 82.0 Å². The first-order chi connectivity index (χ1) is 21.1.